The van der Waals surface area contributed by atoms with Crippen LogP contribution in [0, 0.1) is 0 Å². The minimum Gasteiger partial charge on any atom is -0.480 e. The molecule has 40 heavy (non-hydrogen) atoms. The molecule has 10 nitrogen and oxygen atoms in total. The highest BCUT2D eigenvalue weighted by molar-refractivity contribution is 5.75. The Bertz CT molecular complexity index is 642. The number of carboxylic acid groups (broad SMARTS) is 1. The van der Waals surface area contributed by atoms with Crippen LogP contribution in [-0.2, 0) is 19.8 Å². The molecule has 0 saturated heterocycles. The number of aliphatic hydroxyl groups is 1. The first-order valence-corrected chi connectivity index (χ1v) is 13.8. The summed E-state index contributed by atoms with van der Waals surface area (Å²) in [6, 6.07) is 23.5. The van der Waals surface area contributed by atoms with E-state index in [-0.39, 0.29) is 30.1 Å². The van der Waals surface area contributed by atoms with Gasteiger partial charge in [0.25, 0.3) is 0 Å². The molecule has 0 heterocycles. The van der Waals surface area contributed by atoms with Crippen LogP contribution in [0.1, 0.15) is 52.4 Å². The Balaban J connectivity index is -0.000000215. The Kier molecular flexibility index (Phi) is 42.3. The number of hydrogen-bond acceptors (Lipinski definition) is 6. The third-order valence-corrected chi connectivity index (χ3v) is 4.89. The molecule has 10 heteroatoms. The van der Waals surface area contributed by atoms with Crippen molar-refractivity contribution < 1.29 is 41.5 Å². The summed E-state index contributed by atoms with van der Waals surface area (Å²) in [5.41, 5.74) is 7.44. The summed E-state index contributed by atoms with van der Waals surface area (Å²) in [5.74, 6) is -0.911. The lowest BCUT2D eigenvalue weighted by Crippen LogP contribution is -2.50. The lowest BCUT2D eigenvalue weighted by Gasteiger charge is -2.13. The molecular formula is C30H59N4O6+3. The fraction of sp³-hybridized carbons (Fsp3) is 0.533. The topological polar surface area (TPSA) is 196 Å². The van der Waals surface area contributed by atoms with Crippen LogP contribution in [0.4, 0.5) is 0 Å². The first-order chi connectivity index (χ1) is 18.9. The van der Waals surface area contributed by atoms with Crippen molar-refractivity contribution >= 4 is 11.9 Å². The lowest BCUT2D eigenvalue weighted by molar-refractivity contribution is -0.368. The largest absolute Gasteiger partial charge is 0.480 e. The Labute approximate surface area is 241 Å². The molecule has 0 aliphatic rings. The second-order valence-electron chi connectivity index (χ2n) is 8.10. The van der Waals surface area contributed by atoms with Crippen molar-refractivity contribution in [3.63, 3.8) is 0 Å². The second-order valence-corrected chi connectivity index (χ2v) is 8.10. The van der Waals surface area contributed by atoms with Gasteiger partial charge in [-0.2, -0.15) is 0 Å². The van der Waals surface area contributed by atoms with E-state index in [1.54, 1.807) is 21.0 Å². The van der Waals surface area contributed by atoms with Crippen LogP contribution in [0.2, 0.25) is 0 Å². The fourth-order valence-corrected chi connectivity index (χ4v) is 2.83. The second kappa shape index (κ2) is 38.3. The van der Waals surface area contributed by atoms with Crippen LogP contribution in [0.15, 0.2) is 72.8 Å². The van der Waals surface area contributed by atoms with Gasteiger partial charge in [0, 0.05) is 6.61 Å². The summed E-state index contributed by atoms with van der Waals surface area (Å²) in [7, 11) is 3.45. The number of unbranched alkanes of at least 4 members (excludes halogenated alkanes) is 2. The number of benzene rings is 2. The number of quaternary nitrogens is 2. The van der Waals surface area contributed by atoms with Gasteiger partial charge in [0.05, 0.1) is 19.7 Å². The van der Waals surface area contributed by atoms with Crippen LogP contribution in [0.5, 0.6) is 0 Å². The summed E-state index contributed by atoms with van der Waals surface area (Å²) >= 11 is 0. The van der Waals surface area contributed by atoms with Crippen LogP contribution in [0.25, 0.3) is 0 Å². The number of aliphatic carboxylic acids is 1. The molecule has 0 bridgehead atoms. The average molecular weight is 572 g/mol. The highest BCUT2D eigenvalue weighted by Crippen LogP contribution is 2.01. The smallest absolute Gasteiger partial charge is 0.323 e. The maximum Gasteiger partial charge on any atom is 0.323 e. The molecule has 0 spiro atoms. The number of esters is 1. The Hall–Kier alpha value is -2.86. The molecule has 13 N–H and O–H groups in total. The van der Waals surface area contributed by atoms with Crippen LogP contribution < -0.4 is 22.1 Å². The number of carbonyl (C=O) groups is 2. The molecule has 2 unspecified atom stereocenters. The van der Waals surface area contributed by atoms with Crippen molar-refractivity contribution in [2.45, 2.75) is 64.5 Å². The van der Waals surface area contributed by atoms with Gasteiger partial charge in [-0.25, -0.2) is 0 Å². The minimum atomic E-state index is -0.767. The van der Waals surface area contributed by atoms with Gasteiger partial charge < -0.3 is 42.5 Å². The fourth-order valence-electron chi connectivity index (χ4n) is 2.83. The summed E-state index contributed by atoms with van der Waals surface area (Å²) in [6.45, 7) is 6.02. The predicted octanol–water partition coefficient (Wildman–Crippen LogP) is 1.07. The molecule has 0 radical (unpaired) electrons. The summed E-state index contributed by atoms with van der Waals surface area (Å²) in [6.07, 6.45) is 5.56. The standard InChI is InChI=1S/C9H20N2O2.C7H16N2O2.2C6H6.C2H6O.H2O/c1-3-13-9(12)8(11-2)6-4-5-7-10;1-9-6(7(10)11)4-2-3-5-8;2*1-2-4-6-5-3-1;1-2-3;/h8,11H,3-7,10H2,1-2H3;6,9H,2-5,8H2,1H3,(H,10,11);2*1-6H;3H,2H2,1H3;1H2/p+3. The summed E-state index contributed by atoms with van der Waals surface area (Å²) in [5, 5.41) is 21.9. The molecular weight excluding hydrogens is 512 g/mol. The van der Waals surface area contributed by atoms with Gasteiger partial charge >= 0.3 is 11.9 Å². The number of nitrogens with one attached hydrogen (secondary N) is 2. The molecule has 2 atom stereocenters. The van der Waals surface area contributed by atoms with Gasteiger partial charge in [0.1, 0.15) is 12.1 Å². The maximum atomic E-state index is 11.3. The molecule has 0 amide bonds. The molecule has 2 aromatic carbocycles. The number of carboxylic acids is 1. The van der Waals surface area contributed by atoms with Crippen LogP contribution >= 0.6 is 0 Å². The van der Waals surface area contributed by atoms with Crippen molar-refractivity contribution in [1.29, 1.82) is 0 Å². The molecule has 0 saturated carbocycles. The van der Waals surface area contributed by atoms with E-state index in [0.29, 0.717) is 13.0 Å². The van der Waals surface area contributed by atoms with Crippen molar-refractivity contribution in [2.75, 3.05) is 40.4 Å². The quantitative estimate of drug-likeness (QED) is 0.117. The zero-order valence-corrected chi connectivity index (χ0v) is 25.3. The zero-order valence-electron chi connectivity index (χ0n) is 25.3. The molecule has 2 rings (SSSR count). The monoisotopic (exact) mass is 571 g/mol. The Morgan fingerprint density at radius 1 is 0.700 bits per heavy atom. The Morgan fingerprint density at radius 2 is 1.00 bits per heavy atom. The number of rotatable bonds is 13. The van der Waals surface area contributed by atoms with Gasteiger partial charge in [-0.05, 0) is 66.5 Å². The van der Waals surface area contributed by atoms with E-state index < -0.39 is 5.97 Å². The lowest BCUT2D eigenvalue weighted by atomic mass is 10.1. The van der Waals surface area contributed by atoms with E-state index in [1.807, 2.05) is 79.7 Å². The van der Waals surface area contributed by atoms with Gasteiger partial charge in [-0.15, -0.1) is 0 Å². The van der Waals surface area contributed by atoms with Gasteiger partial charge in [0.15, 0.2) is 0 Å². The molecule has 0 aromatic heterocycles. The third-order valence-electron chi connectivity index (χ3n) is 4.89. The maximum absolute atomic E-state index is 11.3. The van der Waals surface area contributed by atoms with Crippen molar-refractivity contribution in [2.24, 2.45) is 0 Å². The van der Waals surface area contributed by atoms with Crippen LogP contribution in [0.3, 0.4) is 0 Å². The zero-order chi connectivity index (χ0) is 30.0. The number of likely N-dealkylation sites (N-methyl/N-ethyl adjacent to an activating group) is 2. The Morgan fingerprint density at radius 3 is 1.23 bits per heavy atom. The van der Waals surface area contributed by atoms with Gasteiger partial charge in [-0.1, -0.05) is 72.8 Å². The summed E-state index contributed by atoms with van der Waals surface area (Å²) < 4.78 is 4.91. The first kappa shape index (κ1) is 44.2. The normalized spacial score (nSPS) is 10.5. The highest BCUT2D eigenvalue weighted by Gasteiger charge is 2.16. The molecule has 0 aliphatic heterocycles. The number of hydrogen-bond donors (Lipinski definition) is 6. The van der Waals surface area contributed by atoms with Gasteiger partial charge in [0.2, 0.25) is 0 Å². The van der Waals surface area contributed by atoms with Crippen molar-refractivity contribution in [1.82, 2.24) is 10.6 Å². The van der Waals surface area contributed by atoms with Gasteiger partial charge in [-0.3, -0.25) is 9.59 Å². The molecule has 0 fully saturated rings. The van der Waals surface area contributed by atoms with Crippen LogP contribution in [-0.4, -0.2) is 74.6 Å². The van der Waals surface area contributed by atoms with E-state index in [2.05, 4.69) is 22.1 Å². The van der Waals surface area contributed by atoms with Crippen molar-refractivity contribution in [3.8, 4) is 0 Å². The van der Waals surface area contributed by atoms with E-state index in [1.165, 1.54) is 0 Å². The number of ether oxygens (including phenoxy) is 1. The van der Waals surface area contributed by atoms with E-state index >= 15 is 0 Å². The van der Waals surface area contributed by atoms with E-state index in [0.717, 1.165) is 45.2 Å². The summed E-state index contributed by atoms with van der Waals surface area (Å²) in [4.78, 5) is 21.7. The molecule has 232 valence electrons. The number of aliphatic hydroxyl groups excluding tert-OH is 1. The van der Waals surface area contributed by atoms with Crippen molar-refractivity contribution in [3.05, 3.63) is 72.8 Å². The SMILES string of the molecule is CCO.CCOC(=O)C(CCCC[NH3+])NC.CNC(CCCC[NH3+])C(=O)O.[OH3+].c1ccccc1.c1ccccc1. The minimum absolute atomic E-state index is 0. The average Bonchev–Trinajstić information content (AvgIpc) is 2.97. The first-order valence-electron chi connectivity index (χ1n) is 13.8. The van der Waals surface area contributed by atoms with E-state index in [9.17, 15) is 9.59 Å². The van der Waals surface area contributed by atoms with E-state index in [4.69, 9.17) is 14.9 Å². The highest BCUT2D eigenvalue weighted by atomic mass is 16.5. The third kappa shape index (κ3) is 35.1. The molecule has 2 aromatic rings. The predicted molar refractivity (Wildman–Crippen MR) is 164 cm³/mol. The molecule has 0 aliphatic carbocycles. The number of carbonyl (C=O) groups excluding carboxylic acids is 1.